The largest absolute Gasteiger partial charge is 0.350 e. The molecule has 216 valence electrons. The van der Waals surface area contributed by atoms with Gasteiger partial charge in [-0.3, -0.25) is 0 Å². The molecule has 2 aromatic carbocycles. The van der Waals surface area contributed by atoms with Crippen LogP contribution in [0, 0.1) is 11.6 Å². The van der Waals surface area contributed by atoms with E-state index in [2.05, 4.69) is 10.1 Å². The lowest BCUT2D eigenvalue weighted by atomic mass is 10.1. The molecule has 1 aliphatic carbocycles. The molecule has 2 fully saturated rings. The topological polar surface area (TPSA) is 105 Å². The number of hydrogen-bond acceptors (Lipinski definition) is 8. The summed E-state index contributed by atoms with van der Waals surface area (Å²) in [6.07, 6.45) is 2.49. The smallest absolute Gasteiger partial charge is 0.283 e. The summed E-state index contributed by atoms with van der Waals surface area (Å²) >= 11 is 6.62. The normalized spacial score (nSPS) is 17.1. The number of rotatable bonds is 6. The molecule has 0 atom stereocenters. The quantitative estimate of drug-likeness (QED) is 0.307. The summed E-state index contributed by atoms with van der Waals surface area (Å²) in [7, 11) is -7.82. The maximum atomic E-state index is 14.5. The van der Waals surface area contributed by atoms with E-state index in [1.807, 2.05) is 4.90 Å². The Morgan fingerprint density at radius 2 is 1.63 bits per heavy atom. The van der Waals surface area contributed by atoms with Gasteiger partial charge in [0.15, 0.2) is 27.3 Å². The highest BCUT2D eigenvalue weighted by Crippen LogP contribution is 2.49. The van der Waals surface area contributed by atoms with Crippen LogP contribution in [0.15, 0.2) is 64.5 Å². The second kappa shape index (κ2) is 9.63. The minimum absolute atomic E-state index is 0.0288. The molecule has 0 amide bonds. The monoisotopic (exact) mass is 621 g/mol. The average Bonchev–Trinajstić information content (AvgIpc) is 3.56. The van der Waals surface area contributed by atoms with Gasteiger partial charge >= 0.3 is 0 Å². The van der Waals surface area contributed by atoms with Gasteiger partial charge in [0.2, 0.25) is 0 Å². The number of piperazine rings is 1. The van der Waals surface area contributed by atoms with E-state index in [1.165, 1.54) is 24.3 Å². The molecule has 6 rings (SSSR count). The van der Waals surface area contributed by atoms with Crippen LogP contribution in [0.2, 0.25) is 5.02 Å². The first-order valence-electron chi connectivity index (χ1n) is 13.0. The van der Waals surface area contributed by atoms with Crippen LogP contribution >= 0.6 is 11.6 Å². The summed E-state index contributed by atoms with van der Waals surface area (Å²) in [6.45, 7) is 4.21. The third-order valence-corrected chi connectivity index (χ3v) is 11.8. The molecule has 1 aliphatic heterocycles. The molecular formula is C27H26ClF2N5O4S2. The molecule has 0 unspecified atom stereocenters. The summed E-state index contributed by atoms with van der Waals surface area (Å²) in [5, 5.41) is 4.70. The summed E-state index contributed by atoms with van der Waals surface area (Å²) in [6, 6.07) is 10.8. The lowest BCUT2D eigenvalue weighted by Gasteiger charge is -2.43. The SMILES string of the molecule is CC(C)S(=O)(=O)c1ccc(S(=O)(=O)n2nc(N3CCN(c4ncc(F)cc4F)CC34CC4)c3c(Cl)cccc32)cc1. The number of benzene rings is 2. The maximum Gasteiger partial charge on any atom is 0.283 e. The van der Waals surface area contributed by atoms with E-state index in [9.17, 15) is 25.6 Å². The van der Waals surface area contributed by atoms with Gasteiger partial charge in [0.25, 0.3) is 10.0 Å². The summed E-state index contributed by atoms with van der Waals surface area (Å²) in [4.78, 5) is 7.64. The first kappa shape index (κ1) is 27.9. The standard InChI is InChI=1S/C27H26ClF2N5O4S2/c1-17(2)40(36,37)19-6-8-20(9-7-19)41(38,39)35-23-5-3-4-21(28)24(23)26(32-35)34-13-12-33(16-27(34)10-11-27)25-22(30)14-18(29)15-31-25/h3-9,14-15,17H,10-13,16H2,1-2H3. The van der Waals surface area contributed by atoms with Crippen LogP contribution in [0.1, 0.15) is 26.7 Å². The molecule has 2 aromatic heterocycles. The predicted octanol–water partition coefficient (Wildman–Crippen LogP) is 4.64. The second-order valence-corrected chi connectivity index (χ2v) is 15.3. The van der Waals surface area contributed by atoms with Gasteiger partial charge in [-0.05, 0) is 63.1 Å². The van der Waals surface area contributed by atoms with Crippen molar-refractivity contribution < 1.29 is 25.6 Å². The van der Waals surface area contributed by atoms with Crippen molar-refractivity contribution in [3.8, 4) is 0 Å². The Bertz CT molecular complexity index is 1890. The summed E-state index contributed by atoms with van der Waals surface area (Å²) in [5.41, 5.74) is -0.182. The fraction of sp³-hybridized carbons (Fsp3) is 0.333. The number of nitrogens with zero attached hydrogens (tertiary/aromatic N) is 5. The van der Waals surface area contributed by atoms with Crippen molar-refractivity contribution in [3.05, 3.63) is 71.4 Å². The second-order valence-electron chi connectivity index (χ2n) is 10.6. The first-order chi connectivity index (χ1) is 19.3. The number of sulfone groups is 1. The van der Waals surface area contributed by atoms with Crippen LogP contribution in [0.5, 0.6) is 0 Å². The molecule has 1 saturated carbocycles. The number of halogens is 3. The zero-order chi connectivity index (χ0) is 29.3. The van der Waals surface area contributed by atoms with Crippen molar-refractivity contribution in [3.63, 3.8) is 0 Å². The van der Waals surface area contributed by atoms with Crippen molar-refractivity contribution >= 4 is 54.0 Å². The minimum atomic E-state index is -4.24. The number of hydrogen-bond donors (Lipinski definition) is 0. The lowest BCUT2D eigenvalue weighted by molar-refractivity contribution is 0.489. The Kier molecular flexibility index (Phi) is 6.55. The molecule has 9 nitrogen and oxygen atoms in total. The van der Waals surface area contributed by atoms with Gasteiger partial charge in [0, 0.05) is 25.7 Å². The third kappa shape index (κ3) is 4.54. The van der Waals surface area contributed by atoms with E-state index in [4.69, 9.17) is 11.6 Å². The molecule has 41 heavy (non-hydrogen) atoms. The van der Waals surface area contributed by atoms with Gasteiger partial charge in [0.05, 0.1) is 42.7 Å². The number of fused-ring (bicyclic) bond motifs is 1. The zero-order valence-corrected chi connectivity index (χ0v) is 24.5. The van der Waals surface area contributed by atoms with Gasteiger partial charge < -0.3 is 9.80 Å². The Morgan fingerprint density at radius 3 is 2.27 bits per heavy atom. The van der Waals surface area contributed by atoms with E-state index in [1.54, 1.807) is 36.9 Å². The molecule has 14 heteroatoms. The van der Waals surface area contributed by atoms with E-state index >= 15 is 0 Å². The molecular weight excluding hydrogens is 596 g/mol. The van der Waals surface area contributed by atoms with Crippen molar-refractivity contribution in [2.75, 3.05) is 29.4 Å². The van der Waals surface area contributed by atoms with Crippen LogP contribution in [0.25, 0.3) is 10.9 Å². The summed E-state index contributed by atoms with van der Waals surface area (Å²) in [5.74, 6) is -1.05. The van der Waals surface area contributed by atoms with E-state index in [0.29, 0.717) is 35.9 Å². The van der Waals surface area contributed by atoms with Gasteiger partial charge in [-0.1, -0.05) is 17.7 Å². The molecule has 2 aliphatic rings. The fourth-order valence-corrected chi connectivity index (χ4v) is 7.92. The third-order valence-electron chi connectivity index (χ3n) is 7.73. The van der Waals surface area contributed by atoms with Crippen molar-refractivity contribution in [1.82, 2.24) is 14.2 Å². The molecule has 0 N–H and O–H groups in total. The van der Waals surface area contributed by atoms with Crippen LogP contribution < -0.4 is 9.80 Å². The van der Waals surface area contributed by atoms with Crippen LogP contribution in [-0.2, 0) is 19.9 Å². The van der Waals surface area contributed by atoms with Gasteiger partial charge in [0.1, 0.15) is 5.82 Å². The van der Waals surface area contributed by atoms with Crippen molar-refractivity contribution in [2.24, 2.45) is 0 Å². The molecule has 1 spiro atoms. The Balaban J connectivity index is 1.40. The molecule has 0 bridgehead atoms. The number of anilines is 2. The van der Waals surface area contributed by atoms with Gasteiger partial charge in [-0.2, -0.15) is 12.5 Å². The van der Waals surface area contributed by atoms with E-state index in [-0.39, 0.29) is 21.1 Å². The Labute approximate surface area is 241 Å². The first-order valence-corrected chi connectivity index (χ1v) is 16.3. The number of aromatic nitrogens is 3. The van der Waals surface area contributed by atoms with Crippen LogP contribution in [-0.4, -0.2) is 61.4 Å². The summed E-state index contributed by atoms with van der Waals surface area (Å²) < 4.78 is 81.6. The lowest BCUT2D eigenvalue weighted by Crippen LogP contribution is -2.56. The highest BCUT2D eigenvalue weighted by Gasteiger charge is 2.53. The highest BCUT2D eigenvalue weighted by atomic mass is 35.5. The fourth-order valence-electron chi connectivity index (χ4n) is 5.33. The zero-order valence-electron chi connectivity index (χ0n) is 22.1. The Morgan fingerprint density at radius 1 is 0.951 bits per heavy atom. The van der Waals surface area contributed by atoms with Gasteiger partial charge in [-0.25, -0.2) is 22.2 Å². The molecule has 0 radical (unpaired) electrons. The number of pyridine rings is 1. The maximum absolute atomic E-state index is 14.5. The van der Waals surface area contributed by atoms with Crippen LogP contribution in [0.3, 0.4) is 0 Å². The molecule has 3 heterocycles. The highest BCUT2D eigenvalue weighted by molar-refractivity contribution is 7.92. The van der Waals surface area contributed by atoms with Gasteiger partial charge in [-0.15, -0.1) is 5.10 Å². The molecule has 4 aromatic rings. The van der Waals surface area contributed by atoms with E-state index in [0.717, 1.165) is 29.2 Å². The minimum Gasteiger partial charge on any atom is -0.350 e. The predicted molar refractivity (Wildman–Crippen MR) is 152 cm³/mol. The molecule has 1 saturated heterocycles. The van der Waals surface area contributed by atoms with Crippen molar-refractivity contribution in [2.45, 2.75) is 47.3 Å². The van der Waals surface area contributed by atoms with E-state index < -0.39 is 42.3 Å². The van der Waals surface area contributed by atoms with Crippen molar-refractivity contribution in [1.29, 1.82) is 0 Å². The van der Waals surface area contributed by atoms with Crippen LogP contribution in [0.4, 0.5) is 20.4 Å². The Hall–Kier alpha value is -3.29. The average molecular weight is 622 g/mol.